The highest BCUT2D eigenvalue weighted by Crippen LogP contribution is 2.15. The molecule has 1 heterocycles. The van der Waals surface area contributed by atoms with Crippen LogP contribution in [0.25, 0.3) is 0 Å². The number of hydrogen-bond acceptors (Lipinski definition) is 3. The van der Waals surface area contributed by atoms with Gasteiger partial charge in [0.2, 0.25) is 0 Å². The minimum Gasteiger partial charge on any atom is -0.480 e. The van der Waals surface area contributed by atoms with Gasteiger partial charge in [0.05, 0.1) is 4.88 Å². The number of carboxylic acids is 1. The maximum atomic E-state index is 11.8. The predicted molar refractivity (Wildman–Crippen MR) is 67.4 cm³/mol. The molecule has 1 aromatic heterocycles. The topological polar surface area (TPSA) is 66.4 Å². The molecule has 1 atom stereocenters. The second kappa shape index (κ2) is 5.82. The molecular weight excluding hydrogens is 238 g/mol. The Kier molecular flexibility index (Phi) is 4.69. The standard InChI is InChI=1S/C12H17NO3S/c1-7(2)6-9(12(15)16)13-11(14)10-5-4-8(3)17-10/h4-5,7,9H,6H2,1-3H3,(H,13,14)(H,15,16). The molecule has 0 aliphatic heterocycles. The Morgan fingerprint density at radius 2 is 2.06 bits per heavy atom. The molecule has 0 spiro atoms. The van der Waals surface area contributed by atoms with Crippen LogP contribution in [-0.2, 0) is 4.79 Å². The normalized spacial score (nSPS) is 12.5. The fourth-order valence-corrected chi connectivity index (χ4v) is 2.25. The monoisotopic (exact) mass is 255 g/mol. The molecule has 0 saturated heterocycles. The summed E-state index contributed by atoms with van der Waals surface area (Å²) in [4.78, 5) is 24.4. The summed E-state index contributed by atoms with van der Waals surface area (Å²) in [7, 11) is 0. The van der Waals surface area contributed by atoms with Crippen LogP contribution in [0.1, 0.15) is 34.8 Å². The van der Waals surface area contributed by atoms with Crippen molar-refractivity contribution < 1.29 is 14.7 Å². The van der Waals surface area contributed by atoms with E-state index in [-0.39, 0.29) is 11.8 Å². The average molecular weight is 255 g/mol. The van der Waals surface area contributed by atoms with Crippen LogP contribution in [0, 0.1) is 12.8 Å². The Morgan fingerprint density at radius 3 is 2.47 bits per heavy atom. The van der Waals surface area contributed by atoms with Crippen molar-refractivity contribution in [3.63, 3.8) is 0 Å². The molecule has 0 aromatic carbocycles. The van der Waals surface area contributed by atoms with E-state index in [1.165, 1.54) is 11.3 Å². The first-order chi connectivity index (χ1) is 7.90. The number of hydrogen-bond donors (Lipinski definition) is 2. The van der Waals surface area contributed by atoms with Crippen LogP contribution >= 0.6 is 11.3 Å². The smallest absolute Gasteiger partial charge is 0.326 e. The number of thiophene rings is 1. The molecule has 0 radical (unpaired) electrons. The SMILES string of the molecule is Cc1ccc(C(=O)NC(CC(C)C)C(=O)O)s1. The molecule has 1 amide bonds. The van der Waals surface area contributed by atoms with Crippen LogP contribution in [-0.4, -0.2) is 23.0 Å². The van der Waals surface area contributed by atoms with E-state index in [0.29, 0.717) is 11.3 Å². The summed E-state index contributed by atoms with van der Waals surface area (Å²) in [5.74, 6) is -1.07. The van der Waals surface area contributed by atoms with E-state index in [0.717, 1.165) is 4.88 Å². The van der Waals surface area contributed by atoms with Gasteiger partial charge in [-0.2, -0.15) is 0 Å². The van der Waals surface area contributed by atoms with Crippen molar-refractivity contribution in [3.05, 3.63) is 21.9 Å². The number of rotatable bonds is 5. The van der Waals surface area contributed by atoms with E-state index in [1.807, 2.05) is 26.8 Å². The molecule has 5 heteroatoms. The summed E-state index contributed by atoms with van der Waals surface area (Å²) in [6, 6.07) is 2.74. The van der Waals surface area contributed by atoms with Gasteiger partial charge < -0.3 is 10.4 Å². The van der Waals surface area contributed by atoms with Gasteiger partial charge in [-0.1, -0.05) is 13.8 Å². The lowest BCUT2D eigenvalue weighted by molar-refractivity contribution is -0.139. The van der Waals surface area contributed by atoms with Crippen LogP contribution in [0.4, 0.5) is 0 Å². The van der Waals surface area contributed by atoms with E-state index in [9.17, 15) is 9.59 Å². The molecule has 94 valence electrons. The molecule has 0 aliphatic rings. The Labute approximate surface area is 105 Å². The van der Waals surface area contributed by atoms with Gasteiger partial charge in [0, 0.05) is 4.88 Å². The van der Waals surface area contributed by atoms with Gasteiger partial charge in [-0.05, 0) is 31.4 Å². The van der Waals surface area contributed by atoms with E-state index in [4.69, 9.17) is 5.11 Å². The zero-order valence-electron chi connectivity index (χ0n) is 10.2. The molecular formula is C12H17NO3S. The Balaban J connectivity index is 2.67. The zero-order chi connectivity index (χ0) is 13.0. The van der Waals surface area contributed by atoms with Crippen molar-refractivity contribution in [2.45, 2.75) is 33.2 Å². The van der Waals surface area contributed by atoms with Crippen LogP contribution < -0.4 is 5.32 Å². The van der Waals surface area contributed by atoms with Gasteiger partial charge >= 0.3 is 5.97 Å². The lowest BCUT2D eigenvalue weighted by Crippen LogP contribution is -2.41. The number of carboxylic acid groups (broad SMARTS) is 1. The summed E-state index contributed by atoms with van der Waals surface area (Å²) in [6.07, 6.45) is 0.436. The van der Waals surface area contributed by atoms with Crippen LogP contribution in [0.5, 0.6) is 0 Å². The van der Waals surface area contributed by atoms with Gasteiger partial charge in [-0.25, -0.2) is 4.79 Å². The summed E-state index contributed by atoms with van der Waals surface area (Å²) in [5, 5.41) is 11.6. The van der Waals surface area contributed by atoms with Crippen molar-refractivity contribution in [1.82, 2.24) is 5.32 Å². The average Bonchev–Trinajstić information content (AvgIpc) is 2.63. The molecule has 0 bridgehead atoms. The lowest BCUT2D eigenvalue weighted by Gasteiger charge is -2.15. The quantitative estimate of drug-likeness (QED) is 0.848. The van der Waals surface area contributed by atoms with E-state index < -0.39 is 12.0 Å². The molecule has 2 N–H and O–H groups in total. The Bertz CT molecular complexity index is 412. The third-order valence-electron chi connectivity index (χ3n) is 2.27. The van der Waals surface area contributed by atoms with Crippen molar-refractivity contribution in [2.75, 3.05) is 0 Å². The van der Waals surface area contributed by atoms with Gasteiger partial charge in [0.25, 0.3) is 5.91 Å². The maximum absolute atomic E-state index is 11.8. The molecule has 0 aliphatic carbocycles. The minimum absolute atomic E-state index is 0.224. The summed E-state index contributed by atoms with van der Waals surface area (Å²) < 4.78 is 0. The Hall–Kier alpha value is -1.36. The van der Waals surface area contributed by atoms with Gasteiger partial charge in [-0.15, -0.1) is 11.3 Å². The summed E-state index contributed by atoms with van der Waals surface area (Å²) in [5.41, 5.74) is 0. The highest BCUT2D eigenvalue weighted by Gasteiger charge is 2.22. The van der Waals surface area contributed by atoms with Crippen molar-refractivity contribution in [1.29, 1.82) is 0 Å². The number of carbonyl (C=O) groups excluding carboxylic acids is 1. The van der Waals surface area contributed by atoms with E-state index >= 15 is 0 Å². The second-order valence-electron chi connectivity index (χ2n) is 4.40. The first-order valence-corrected chi connectivity index (χ1v) is 6.32. The highest BCUT2D eigenvalue weighted by atomic mass is 32.1. The maximum Gasteiger partial charge on any atom is 0.326 e. The van der Waals surface area contributed by atoms with Crippen molar-refractivity contribution in [2.24, 2.45) is 5.92 Å². The third kappa shape index (κ3) is 4.19. The van der Waals surface area contributed by atoms with Crippen molar-refractivity contribution >= 4 is 23.2 Å². The Morgan fingerprint density at radius 1 is 1.41 bits per heavy atom. The molecule has 1 rings (SSSR count). The molecule has 1 aromatic rings. The first kappa shape index (κ1) is 13.7. The predicted octanol–water partition coefficient (Wildman–Crippen LogP) is 2.29. The molecule has 4 nitrogen and oxygen atoms in total. The second-order valence-corrected chi connectivity index (χ2v) is 5.69. The summed E-state index contributed by atoms with van der Waals surface area (Å²) in [6.45, 7) is 5.76. The van der Waals surface area contributed by atoms with Crippen molar-refractivity contribution in [3.8, 4) is 0 Å². The molecule has 0 fully saturated rings. The first-order valence-electron chi connectivity index (χ1n) is 5.50. The fraction of sp³-hybridized carbons (Fsp3) is 0.500. The molecule has 1 unspecified atom stereocenters. The van der Waals surface area contributed by atoms with Crippen LogP contribution in [0.2, 0.25) is 0 Å². The largest absolute Gasteiger partial charge is 0.480 e. The van der Waals surface area contributed by atoms with Gasteiger partial charge in [-0.3, -0.25) is 4.79 Å². The minimum atomic E-state index is -0.986. The van der Waals surface area contributed by atoms with Crippen LogP contribution in [0.3, 0.4) is 0 Å². The van der Waals surface area contributed by atoms with Gasteiger partial charge in [0.15, 0.2) is 0 Å². The number of aliphatic carboxylic acids is 1. The van der Waals surface area contributed by atoms with Gasteiger partial charge in [0.1, 0.15) is 6.04 Å². The number of amides is 1. The lowest BCUT2D eigenvalue weighted by atomic mass is 10.0. The number of nitrogens with one attached hydrogen (secondary N) is 1. The fourth-order valence-electron chi connectivity index (χ4n) is 1.48. The number of carbonyl (C=O) groups is 2. The van der Waals surface area contributed by atoms with Crippen LogP contribution in [0.15, 0.2) is 12.1 Å². The zero-order valence-corrected chi connectivity index (χ0v) is 11.0. The van der Waals surface area contributed by atoms with E-state index in [2.05, 4.69) is 5.32 Å². The number of aryl methyl sites for hydroxylation is 1. The van der Waals surface area contributed by atoms with E-state index in [1.54, 1.807) is 6.07 Å². The third-order valence-corrected chi connectivity index (χ3v) is 3.27. The summed E-state index contributed by atoms with van der Waals surface area (Å²) >= 11 is 1.36. The molecule has 17 heavy (non-hydrogen) atoms. The highest BCUT2D eigenvalue weighted by molar-refractivity contribution is 7.13. The molecule has 0 saturated carbocycles.